The lowest BCUT2D eigenvalue weighted by Gasteiger charge is -2.05. The summed E-state index contributed by atoms with van der Waals surface area (Å²) in [7, 11) is 0. The molecule has 0 saturated carbocycles. The average molecular weight is 170 g/mol. The van der Waals surface area contributed by atoms with Crippen molar-refractivity contribution in [3.8, 4) is 0 Å². The van der Waals surface area contributed by atoms with E-state index in [1.807, 2.05) is 0 Å². The average Bonchev–Trinajstić information content (AvgIpc) is 2.68. The van der Waals surface area contributed by atoms with Gasteiger partial charge in [-0.05, 0) is 13.0 Å². The first-order valence-electron chi connectivity index (χ1n) is 3.71. The zero-order valence-electron chi connectivity index (χ0n) is 6.60. The Morgan fingerprint density at radius 3 is 2.58 bits per heavy atom. The molecule has 0 spiro atoms. The molecule has 1 atom stereocenters. The highest BCUT2D eigenvalue weighted by atomic mass is 19.1. The van der Waals surface area contributed by atoms with Gasteiger partial charge in [0, 0.05) is 11.6 Å². The number of ether oxygens (including phenoxy) is 1. The minimum atomic E-state index is -0.555. The fraction of sp³-hybridized carbons (Fsp3) is 0.333. The highest BCUT2D eigenvalue weighted by Gasteiger charge is 2.43. The molecule has 0 unspecified atom stereocenters. The quantitative estimate of drug-likeness (QED) is 0.588. The molecule has 0 aromatic heterocycles. The lowest BCUT2D eigenvalue weighted by molar-refractivity contribution is 0.321. The van der Waals surface area contributed by atoms with E-state index < -0.39 is 17.2 Å². The fourth-order valence-corrected chi connectivity index (χ4v) is 1.18. The molecule has 0 radical (unpaired) electrons. The molecule has 0 N–H and O–H groups in total. The third kappa shape index (κ3) is 1.10. The van der Waals surface area contributed by atoms with E-state index in [9.17, 15) is 8.78 Å². The minimum absolute atomic E-state index is 0.434. The summed E-state index contributed by atoms with van der Waals surface area (Å²) >= 11 is 0. The third-order valence-corrected chi connectivity index (χ3v) is 2.08. The highest BCUT2D eigenvalue weighted by Crippen LogP contribution is 2.39. The molecule has 0 aliphatic carbocycles. The van der Waals surface area contributed by atoms with Gasteiger partial charge in [0.1, 0.15) is 17.2 Å². The van der Waals surface area contributed by atoms with Gasteiger partial charge in [-0.2, -0.15) is 0 Å². The van der Waals surface area contributed by atoms with Crippen LogP contribution in [0.4, 0.5) is 8.78 Å². The predicted octanol–water partition coefficient (Wildman–Crippen LogP) is 2.21. The number of epoxide rings is 1. The maximum atomic E-state index is 13.1. The fourth-order valence-electron chi connectivity index (χ4n) is 1.18. The van der Waals surface area contributed by atoms with Gasteiger partial charge in [-0.25, -0.2) is 8.78 Å². The summed E-state index contributed by atoms with van der Waals surface area (Å²) in [5.74, 6) is -1.09. The van der Waals surface area contributed by atoms with E-state index in [0.717, 1.165) is 6.07 Å². The molecular weight excluding hydrogens is 162 g/mol. The standard InChI is InChI=1S/C9H8F2O/c1-9(5-12-9)7-3-2-6(10)4-8(7)11/h2-4H,5H2,1H3/t9-/m1/s1. The van der Waals surface area contributed by atoms with Crippen molar-refractivity contribution < 1.29 is 13.5 Å². The van der Waals surface area contributed by atoms with Gasteiger partial charge in [-0.3, -0.25) is 0 Å². The molecule has 0 amide bonds. The molecule has 1 aliphatic rings. The topological polar surface area (TPSA) is 12.5 Å². The van der Waals surface area contributed by atoms with Crippen LogP contribution < -0.4 is 0 Å². The van der Waals surface area contributed by atoms with Crippen LogP contribution in [0.15, 0.2) is 18.2 Å². The number of hydrogen-bond acceptors (Lipinski definition) is 1. The SMILES string of the molecule is C[C@]1(c2ccc(F)cc2F)CO1. The Bertz CT molecular complexity index is 318. The summed E-state index contributed by atoms with van der Waals surface area (Å²) in [4.78, 5) is 0. The maximum Gasteiger partial charge on any atom is 0.132 e. The van der Waals surface area contributed by atoms with Crippen LogP contribution >= 0.6 is 0 Å². The van der Waals surface area contributed by atoms with Crippen LogP contribution in [0.3, 0.4) is 0 Å². The Kier molecular flexibility index (Phi) is 1.45. The van der Waals surface area contributed by atoms with E-state index in [2.05, 4.69) is 0 Å². The van der Waals surface area contributed by atoms with Gasteiger partial charge < -0.3 is 4.74 Å². The second-order valence-electron chi connectivity index (χ2n) is 3.14. The van der Waals surface area contributed by atoms with Crippen molar-refractivity contribution in [2.75, 3.05) is 6.61 Å². The van der Waals surface area contributed by atoms with Crippen LogP contribution in [0.2, 0.25) is 0 Å². The van der Waals surface area contributed by atoms with E-state index in [-0.39, 0.29) is 0 Å². The molecule has 2 rings (SSSR count). The third-order valence-electron chi connectivity index (χ3n) is 2.08. The molecule has 1 aromatic rings. The summed E-state index contributed by atoms with van der Waals surface area (Å²) in [5.41, 5.74) is -0.0819. The normalized spacial score (nSPS) is 27.2. The highest BCUT2D eigenvalue weighted by molar-refractivity contribution is 5.27. The lowest BCUT2D eigenvalue weighted by Crippen LogP contribution is -2.05. The minimum Gasteiger partial charge on any atom is -0.365 e. The van der Waals surface area contributed by atoms with Gasteiger partial charge in [-0.1, -0.05) is 6.07 Å². The molecule has 12 heavy (non-hydrogen) atoms. The van der Waals surface area contributed by atoms with Gasteiger partial charge >= 0.3 is 0 Å². The summed E-state index contributed by atoms with van der Waals surface area (Å²) in [6.45, 7) is 2.29. The summed E-state index contributed by atoms with van der Waals surface area (Å²) in [6.07, 6.45) is 0. The number of rotatable bonds is 1. The summed E-state index contributed by atoms with van der Waals surface area (Å²) in [5, 5.41) is 0. The van der Waals surface area contributed by atoms with Crippen LogP contribution in [-0.2, 0) is 10.3 Å². The molecule has 3 heteroatoms. The first kappa shape index (κ1) is 7.68. The van der Waals surface area contributed by atoms with E-state index in [1.165, 1.54) is 12.1 Å². The zero-order chi connectivity index (χ0) is 8.77. The molecule has 1 fully saturated rings. The van der Waals surface area contributed by atoms with Crippen LogP contribution in [-0.4, -0.2) is 6.61 Å². The second kappa shape index (κ2) is 2.26. The van der Waals surface area contributed by atoms with Crippen molar-refractivity contribution in [2.24, 2.45) is 0 Å². The number of benzene rings is 1. The maximum absolute atomic E-state index is 13.1. The molecular formula is C9H8F2O. The van der Waals surface area contributed by atoms with Gasteiger partial charge in [0.2, 0.25) is 0 Å². The Morgan fingerprint density at radius 1 is 1.42 bits per heavy atom. The van der Waals surface area contributed by atoms with Gasteiger partial charge in [0.25, 0.3) is 0 Å². The first-order valence-corrected chi connectivity index (χ1v) is 3.71. The molecule has 0 bridgehead atoms. The van der Waals surface area contributed by atoms with E-state index in [4.69, 9.17) is 4.74 Å². The van der Waals surface area contributed by atoms with Crippen LogP contribution in [0.25, 0.3) is 0 Å². The smallest absolute Gasteiger partial charge is 0.132 e. The van der Waals surface area contributed by atoms with Crippen molar-refractivity contribution in [1.29, 1.82) is 0 Å². The second-order valence-corrected chi connectivity index (χ2v) is 3.14. The van der Waals surface area contributed by atoms with Crippen molar-refractivity contribution in [3.63, 3.8) is 0 Å². The molecule has 1 aliphatic heterocycles. The number of halogens is 2. The Morgan fingerprint density at radius 2 is 2.08 bits per heavy atom. The van der Waals surface area contributed by atoms with Crippen molar-refractivity contribution in [1.82, 2.24) is 0 Å². The molecule has 1 heterocycles. The Balaban J connectivity index is 2.45. The van der Waals surface area contributed by atoms with Crippen LogP contribution in [0.1, 0.15) is 12.5 Å². The predicted molar refractivity (Wildman–Crippen MR) is 39.7 cm³/mol. The molecule has 64 valence electrons. The monoisotopic (exact) mass is 170 g/mol. The van der Waals surface area contributed by atoms with Gasteiger partial charge in [-0.15, -0.1) is 0 Å². The van der Waals surface area contributed by atoms with Crippen molar-refractivity contribution in [3.05, 3.63) is 35.4 Å². The van der Waals surface area contributed by atoms with E-state index in [1.54, 1.807) is 6.92 Å². The lowest BCUT2D eigenvalue weighted by atomic mass is 10.0. The van der Waals surface area contributed by atoms with Gasteiger partial charge in [0.05, 0.1) is 6.61 Å². The summed E-state index contributed by atoms with van der Waals surface area (Å²) < 4.78 is 30.6. The molecule has 1 saturated heterocycles. The Labute approximate surface area is 69.0 Å². The van der Waals surface area contributed by atoms with E-state index in [0.29, 0.717) is 12.2 Å². The molecule has 1 nitrogen and oxygen atoms in total. The Hall–Kier alpha value is -0.960. The van der Waals surface area contributed by atoms with Crippen LogP contribution in [0.5, 0.6) is 0 Å². The van der Waals surface area contributed by atoms with Crippen molar-refractivity contribution in [2.45, 2.75) is 12.5 Å². The largest absolute Gasteiger partial charge is 0.365 e. The van der Waals surface area contributed by atoms with Crippen LogP contribution in [0, 0.1) is 11.6 Å². The molecule has 1 aromatic carbocycles. The summed E-state index contributed by atoms with van der Waals surface area (Å²) in [6, 6.07) is 3.55. The zero-order valence-corrected chi connectivity index (χ0v) is 6.60. The first-order chi connectivity index (χ1) is 5.62. The van der Waals surface area contributed by atoms with Crippen molar-refractivity contribution >= 4 is 0 Å². The van der Waals surface area contributed by atoms with Gasteiger partial charge in [0.15, 0.2) is 0 Å². The van der Waals surface area contributed by atoms with E-state index >= 15 is 0 Å². The number of hydrogen-bond donors (Lipinski definition) is 0.